The predicted octanol–water partition coefficient (Wildman–Crippen LogP) is 3.33. The smallest absolute Gasteiger partial charge is 0.220 e. The zero-order valence-corrected chi connectivity index (χ0v) is 11.9. The zero-order valence-electron chi connectivity index (χ0n) is 11.9. The second-order valence-corrected chi connectivity index (χ2v) is 5.56. The summed E-state index contributed by atoms with van der Waals surface area (Å²) in [5, 5.41) is 11.9. The Hall–Kier alpha value is -1.82. The van der Waals surface area contributed by atoms with Gasteiger partial charge in [-0.2, -0.15) is 5.26 Å². The quantitative estimate of drug-likeness (QED) is 0.853. The lowest BCUT2D eigenvalue weighted by Gasteiger charge is -2.16. The molecule has 0 spiro atoms. The van der Waals surface area contributed by atoms with Crippen molar-refractivity contribution in [3.63, 3.8) is 0 Å². The molecule has 1 fully saturated rings. The van der Waals surface area contributed by atoms with E-state index in [0.29, 0.717) is 18.0 Å². The van der Waals surface area contributed by atoms with Crippen LogP contribution in [0.1, 0.15) is 56.1 Å². The monoisotopic (exact) mass is 270 g/mol. The van der Waals surface area contributed by atoms with Crippen LogP contribution in [0, 0.1) is 11.3 Å². The van der Waals surface area contributed by atoms with E-state index in [1.165, 1.54) is 25.7 Å². The molecule has 0 heterocycles. The Labute approximate surface area is 121 Å². The van der Waals surface area contributed by atoms with Gasteiger partial charge in [-0.1, -0.05) is 37.8 Å². The number of amides is 1. The molecule has 1 amide bonds. The average molecular weight is 270 g/mol. The number of nitrogens with zero attached hydrogens (tertiary/aromatic N) is 1. The van der Waals surface area contributed by atoms with Crippen molar-refractivity contribution in [3.8, 4) is 6.07 Å². The Bertz CT molecular complexity index is 465. The molecule has 3 nitrogen and oxygen atoms in total. The summed E-state index contributed by atoms with van der Waals surface area (Å²) in [6.07, 6.45) is 8.61. The van der Waals surface area contributed by atoms with Gasteiger partial charge in [0.2, 0.25) is 5.91 Å². The van der Waals surface area contributed by atoms with E-state index in [1.54, 1.807) is 12.1 Å². The van der Waals surface area contributed by atoms with Gasteiger partial charge >= 0.3 is 0 Å². The third-order valence-electron chi connectivity index (χ3n) is 3.94. The first kappa shape index (κ1) is 14.6. The van der Waals surface area contributed by atoms with Crippen LogP contribution < -0.4 is 5.32 Å². The van der Waals surface area contributed by atoms with Crippen molar-refractivity contribution in [3.05, 3.63) is 35.4 Å². The second kappa shape index (κ2) is 7.69. The van der Waals surface area contributed by atoms with Gasteiger partial charge in [-0.25, -0.2) is 0 Å². The van der Waals surface area contributed by atoms with Gasteiger partial charge in [0.05, 0.1) is 11.6 Å². The molecule has 0 unspecified atom stereocenters. The van der Waals surface area contributed by atoms with Crippen LogP contribution in [0.4, 0.5) is 0 Å². The molecule has 0 atom stereocenters. The molecule has 1 saturated carbocycles. The minimum atomic E-state index is 0.154. The number of hydrogen-bond acceptors (Lipinski definition) is 2. The van der Waals surface area contributed by atoms with Crippen LogP contribution in [0.3, 0.4) is 0 Å². The second-order valence-electron chi connectivity index (χ2n) is 5.56. The maximum absolute atomic E-state index is 12.0. The summed E-state index contributed by atoms with van der Waals surface area (Å²) < 4.78 is 0. The van der Waals surface area contributed by atoms with Gasteiger partial charge in [-0.05, 0) is 37.0 Å². The molecule has 1 aromatic carbocycles. The maximum atomic E-state index is 12.0. The van der Waals surface area contributed by atoms with E-state index in [0.717, 1.165) is 24.8 Å². The average Bonchev–Trinajstić information content (AvgIpc) is 2.74. The number of benzene rings is 1. The third kappa shape index (κ3) is 4.70. The highest BCUT2D eigenvalue weighted by Gasteiger charge is 2.14. The molecule has 0 aliphatic heterocycles. The van der Waals surface area contributed by atoms with Crippen molar-refractivity contribution in [1.29, 1.82) is 5.26 Å². The fourth-order valence-corrected chi connectivity index (χ4v) is 2.73. The summed E-state index contributed by atoms with van der Waals surface area (Å²) in [5.74, 6) is 0.154. The Morgan fingerprint density at radius 3 is 2.40 bits per heavy atom. The fourth-order valence-electron chi connectivity index (χ4n) is 2.73. The minimum absolute atomic E-state index is 0.154. The van der Waals surface area contributed by atoms with Gasteiger partial charge in [0.25, 0.3) is 0 Å². The van der Waals surface area contributed by atoms with E-state index in [-0.39, 0.29) is 5.91 Å². The molecule has 20 heavy (non-hydrogen) atoms. The summed E-state index contributed by atoms with van der Waals surface area (Å²) in [7, 11) is 0. The van der Waals surface area contributed by atoms with Crippen LogP contribution in [-0.4, -0.2) is 11.9 Å². The predicted molar refractivity (Wildman–Crippen MR) is 79.1 cm³/mol. The number of rotatable bonds is 4. The number of nitrogens with one attached hydrogen (secondary N) is 1. The summed E-state index contributed by atoms with van der Waals surface area (Å²) in [4.78, 5) is 12.0. The Kier molecular flexibility index (Phi) is 5.61. The maximum Gasteiger partial charge on any atom is 0.220 e. The van der Waals surface area contributed by atoms with Crippen molar-refractivity contribution in [2.45, 2.75) is 57.4 Å². The normalized spacial score (nSPS) is 16.1. The first-order valence-corrected chi connectivity index (χ1v) is 7.56. The molecule has 0 bridgehead atoms. The largest absolute Gasteiger partial charge is 0.353 e. The molecule has 106 valence electrons. The van der Waals surface area contributed by atoms with Crippen LogP contribution in [-0.2, 0) is 11.2 Å². The van der Waals surface area contributed by atoms with E-state index in [4.69, 9.17) is 5.26 Å². The minimum Gasteiger partial charge on any atom is -0.353 e. The highest BCUT2D eigenvalue weighted by Crippen LogP contribution is 2.17. The van der Waals surface area contributed by atoms with E-state index in [1.807, 2.05) is 12.1 Å². The molecular weight excluding hydrogens is 248 g/mol. The molecular formula is C17H22N2O. The summed E-state index contributed by atoms with van der Waals surface area (Å²) >= 11 is 0. The van der Waals surface area contributed by atoms with Gasteiger partial charge < -0.3 is 5.32 Å². The van der Waals surface area contributed by atoms with E-state index in [9.17, 15) is 4.79 Å². The number of carbonyl (C=O) groups is 1. The molecule has 0 radical (unpaired) electrons. The molecule has 3 heteroatoms. The standard InChI is InChI=1S/C17H22N2O/c18-13-15-9-7-14(8-10-15)11-12-17(20)19-16-5-3-1-2-4-6-16/h7-10,16H,1-6,11-12H2,(H,19,20). The summed E-state index contributed by atoms with van der Waals surface area (Å²) in [6.45, 7) is 0. The summed E-state index contributed by atoms with van der Waals surface area (Å²) in [5.41, 5.74) is 1.77. The lowest BCUT2D eigenvalue weighted by molar-refractivity contribution is -0.121. The van der Waals surface area contributed by atoms with Crippen LogP contribution in [0.5, 0.6) is 0 Å². The van der Waals surface area contributed by atoms with Crippen molar-refractivity contribution < 1.29 is 4.79 Å². The molecule has 0 saturated heterocycles. The number of hydrogen-bond donors (Lipinski definition) is 1. The highest BCUT2D eigenvalue weighted by molar-refractivity contribution is 5.76. The molecule has 0 aromatic heterocycles. The number of carbonyl (C=O) groups excluding carboxylic acids is 1. The zero-order chi connectivity index (χ0) is 14.2. The number of aryl methyl sites for hydroxylation is 1. The van der Waals surface area contributed by atoms with Gasteiger partial charge in [0, 0.05) is 12.5 Å². The van der Waals surface area contributed by atoms with Crippen LogP contribution in [0.25, 0.3) is 0 Å². The van der Waals surface area contributed by atoms with Gasteiger partial charge in [0.15, 0.2) is 0 Å². The van der Waals surface area contributed by atoms with Gasteiger partial charge in [-0.15, -0.1) is 0 Å². The highest BCUT2D eigenvalue weighted by atomic mass is 16.1. The molecule has 1 N–H and O–H groups in total. The number of nitriles is 1. The molecule has 2 rings (SSSR count). The van der Waals surface area contributed by atoms with E-state index < -0.39 is 0 Å². The van der Waals surface area contributed by atoms with E-state index in [2.05, 4.69) is 11.4 Å². The summed E-state index contributed by atoms with van der Waals surface area (Å²) in [6, 6.07) is 9.94. The topological polar surface area (TPSA) is 52.9 Å². The van der Waals surface area contributed by atoms with Crippen molar-refractivity contribution in [1.82, 2.24) is 5.32 Å². The van der Waals surface area contributed by atoms with Gasteiger partial charge in [-0.3, -0.25) is 4.79 Å². The Balaban J connectivity index is 1.75. The van der Waals surface area contributed by atoms with E-state index >= 15 is 0 Å². The molecule has 1 aromatic rings. The molecule has 1 aliphatic carbocycles. The Morgan fingerprint density at radius 1 is 1.15 bits per heavy atom. The van der Waals surface area contributed by atoms with Crippen LogP contribution in [0.2, 0.25) is 0 Å². The lowest BCUT2D eigenvalue weighted by Crippen LogP contribution is -2.34. The van der Waals surface area contributed by atoms with Crippen molar-refractivity contribution >= 4 is 5.91 Å². The Morgan fingerprint density at radius 2 is 1.80 bits per heavy atom. The molecule has 1 aliphatic rings. The van der Waals surface area contributed by atoms with Crippen molar-refractivity contribution in [2.75, 3.05) is 0 Å². The van der Waals surface area contributed by atoms with Crippen molar-refractivity contribution in [2.24, 2.45) is 0 Å². The first-order chi connectivity index (χ1) is 9.78. The van der Waals surface area contributed by atoms with Gasteiger partial charge in [0.1, 0.15) is 0 Å². The first-order valence-electron chi connectivity index (χ1n) is 7.56. The lowest BCUT2D eigenvalue weighted by atomic mass is 10.1. The van der Waals surface area contributed by atoms with Crippen LogP contribution >= 0.6 is 0 Å². The SMILES string of the molecule is N#Cc1ccc(CCC(=O)NC2CCCCCC2)cc1. The van der Waals surface area contributed by atoms with Crippen LogP contribution in [0.15, 0.2) is 24.3 Å². The fraction of sp³-hybridized carbons (Fsp3) is 0.529. The third-order valence-corrected chi connectivity index (χ3v) is 3.94.